The molecule has 138 valence electrons. The van der Waals surface area contributed by atoms with Gasteiger partial charge in [-0.05, 0) is 52.5 Å². The van der Waals surface area contributed by atoms with E-state index in [0.29, 0.717) is 5.75 Å². The molecule has 8 heteroatoms. The van der Waals surface area contributed by atoms with E-state index < -0.39 is 10.4 Å². The van der Waals surface area contributed by atoms with Gasteiger partial charge in [0.15, 0.2) is 5.75 Å². The molecule has 1 aliphatic heterocycles. The van der Waals surface area contributed by atoms with E-state index >= 15 is 0 Å². The van der Waals surface area contributed by atoms with Crippen molar-refractivity contribution < 1.29 is 26.9 Å². The van der Waals surface area contributed by atoms with E-state index in [9.17, 15) is 8.42 Å². The molecule has 0 spiro atoms. The Balaban J connectivity index is 1.95. The van der Waals surface area contributed by atoms with Crippen molar-refractivity contribution in [2.75, 3.05) is 20.7 Å². The lowest BCUT2D eigenvalue weighted by Gasteiger charge is -2.40. The van der Waals surface area contributed by atoms with Crippen LogP contribution in [0.15, 0.2) is 30.3 Å². The first-order valence-electron chi connectivity index (χ1n) is 8.25. The minimum Gasteiger partial charge on any atom is -0.492 e. The SMILES string of the molecule is COc1c(OOS(=O)(=O)O)cc2c3c1-c1ccccc1CC3N(C)CC2. The number of hydrogen-bond donors (Lipinski definition) is 1. The van der Waals surface area contributed by atoms with E-state index in [2.05, 4.69) is 22.3 Å². The van der Waals surface area contributed by atoms with E-state index in [4.69, 9.17) is 14.2 Å². The molecular weight excluding hydrogens is 358 g/mol. The normalized spacial score (nSPS) is 18.8. The minimum absolute atomic E-state index is 0.124. The molecule has 2 aromatic rings. The first-order valence-corrected chi connectivity index (χ1v) is 9.61. The Labute approximate surface area is 152 Å². The largest absolute Gasteiger partial charge is 0.492 e. The van der Waals surface area contributed by atoms with Gasteiger partial charge in [0.2, 0.25) is 5.75 Å². The molecule has 0 fully saturated rings. The summed E-state index contributed by atoms with van der Waals surface area (Å²) in [6.07, 6.45) is 1.70. The summed E-state index contributed by atoms with van der Waals surface area (Å²) in [5.74, 6) is 0.513. The lowest BCUT2D eigenvalue weighted by atomic mass is 9.76. The Morgan fingerprint density at radius 3 is 2.73 bits per heavy atom. The number of methoxy groups -OCH3 is 1. The van der Waals surface area contributed by atoms with Crippen LogP contribution in [0, 0.1) is 0 Å². The van der Waals surface area contributed by atoms with Crippen LogP contribution in [0.4, 0.5) is 0 Å². The van der Waals surface area contributed by atoms with Crippen LogP contribution in [-0.2, 0) is 27.6 Å². The van der Waals surface area contributed by atoms with Crippen molar-refractivity contribution in [3.8, 4) is 22.6 Å². The Bertz CT molecular complexity index is 972. The molecule has 1 unspecified atom stereocenters. The third-order valence-corrected chi connectivity index (χ3v) is 5.32. The summed E-state index contributed by atoms with van der Waals surface area (Å²) >= 11 is 0. The monoisotopic (exact) mass is 377 g/mol. The Hall–Kier alpha value is -2.13. The number of hydrogen-bond acceptors (Lipinski definition) is 6. The average molecular weight is 377 g/mol. The number of fused-ring (bicyclic) bond motifs is 2. The summed E-state index contributed by atoms with van der Waals surface area (Å²) in [7, 11) is -1.14. The maximum absolute atomic E-state index is 10.9. The van der Waals surface area contributed by atoms with Crippen molar-refractivity contribution in [1.82, 2.24) is 4.90 Å². The maximum atomic E-state index is 10.9. The molecule has 7 nitrogen and oxygen atoms in total. The fourth-order valence-corrected chi connectivity index (χ4v) is 4.15. The number of likely N-dealkylation sites (N-methyl/N-ethyl adjacent to an activating group) is 1. The van der Waals surface area contributed by atoms with Crippen molar-refractivity contribution in [2.24, 2.45) is 0 Å². The molecule has 0 saturated carbocycles. The molecule has 0 saturated heterocycles. The van der Waals surface area contributed by atoms with E-state index in [-0.39, 0.29) is 11.8 Å². The molecule has 0 bridgehead atoms. The van der Waals surface area contributed by atoms with E-state index in [1.807, 2.05) is 18.2 Å². The summed E-state index contributed by atoms with van der Waals surface area (Å²) in [4.78, 5) is 7.24. The zero-order chi connectivity index (χ0) is 18.5. The van der Waals surface area contributed by atoms with Gasteiger partial charge in [-0.25, -0.2) is 0 Å². The quantitative estimate of drug-likeness (QED) is 0.498. The fraction of sp³-hybridized carbons (Fsp3) is 0.333. The van der Waals surface area contributed by atoms with Crippen molar-refractivity contribution >= 4 is 10.4 Å². The predicted molar refractivity (Wildman–Crippen MR) is 94.5 cm³/mol. The highest BCUT2D eigenvalue weighted by Gasteiger charge is 2.36. The number of rotatable bonds is 4. The molecule has 1 atom stereocenters. The first kappa shape index (κ1) is 17.3. The molecule has 0 radical (unpaired) electrons. The highest BCUT2D eigenvalue weighted by Crippen LogP contribution is 2.52. The molecule has 1 N–H and O–H groups in total. The molecule has 4 rings (SSSR count). The lowest BCUT2D eigenvalue weighted by molar-refractivity contribution is -0.104. The second-order valence-corrected chi connectivity index (χ2v) is 7.53. The number of ether oxygens (including phenoxy) is 1. The van der Waals surface area contributed by atoms with Crippen LogP contribution in [0.2, 0.25) is 0 Å². The summed E-state index contributed by atoms with van der Waals surface area (Å²) in [6, 6.07) is 10.0. The highest BCUT2D eigenvalue weighted by atomic mass is 32.3. The van der Waals surface area contributed by atoms with Gasteiger partial charge in [-0.1, -0.05) is 24.3 Å². The van der Waals surface area contributed by atoms with Crippen LogP contribution in [0.5, 0.6) is 11.5 Å². The van der Waals surface area contributed by atoms with E-state index in [1.54, 1.807) is 6.07 Å². The van der Waals surface area contributed by atoms with Gasteiger partial charge in [-0.3, -0.25) is 9.45 Å². The maximum Gasteiger partial charge on any atom is 0.432 e. The van der Waals surface area contributed by atoms with Gasteiger partial charge < -0.3 is 9.62 Å². The molecule has 1 heterocycles. The minimum atomic E-state index is -4.74. The smallest absolute Gasteiger partial charge is 0.432 e. The van der Waals surface area contributed by atoms with Crippen LogP contribution in [0.3, 0.4) is 0 Å². The summed E-state index contributed by atoms with van der Waals surface area (Å²) < 4.78 is 40.4. The van der Waals surface area contributed by atoms with Gasteiger partial charge in [0.1, 0.15) is 0 Å². The van der Waals surface area contributed by atoms with Gasteiger partial charge in [0, 0.05) is 18.2 Å². The molecule has 0 aromatic heterocycles. The average Bonchev–Trinajstić information content (AvgIpc) is 2.61. The van der Waals surface area contributed by atoms with Crippen LogP contribution < -0.4 is 9.62 Å². The third-order valence-electron chi connectivity index (χ3n) is 5.08. The molecule has 2 aliphatic rings. The van der Waals surface area contributed by atoms with E-state index in [1.165, 1.54) is 18.2 Å². The highest BCUT2D eigenvalue weighted by molar-refractivity contribution is 7.80. The second kappa shape index (κ2) is 6.24. The Kier molecular flexibility index (Phi) is 4.15. The zero-order valence-electron chi connectivity index (χ0n) is 14.4. The molecule has 2 aromatic carbocycles. The van der Waals surface area contributed by atoms with Crippen LogP contribution in [-0.4, -0.2) is 38.6 Å². The molecule has 0 amide bonds. The predicted octanol–water partition coefficient (Wildman–Crippen LogP) is 2.56. The first-order chi connectivity index (χ1) is 12.4. The summed E-state index contributed by atoms with van der Waals surface area (Å²) in [5, 5.41) is 0. The van der Waals surface area contributed by atoms with Crippen LogP contribution >= 0.6 is 0 Å². The van der Waals surface area contributed by atoms with Gasteiger partial charge in [-0.15, -0.1) is 0 Å². The Morgan fingerprint density at radius 2 is 2.00 bits per heavy atom. The Morgan fingerprint density at radius 1 is 1.23 bits per heavy atom. The van der Waals surface area contributed by atoms with Gasteiger partial charge >= 0.3 is 10.4 Å². The number of nitrogens with zero attached hydrogens (tertiary/aromatic N) is 1. The van der Waals surface area contributed by atoms with Crippen LogP contribution in [0.1, 0.15) is 22.7 Å². The third kappa shape index (κ3) is 2.84. The van der Waals surface area contributed by atoms with E-state index in [0.717, 1.165) is 36.1 Å². The molecule has 1 aliphatic carbocycles. The van der Waals surface area contributed by atoms with Crippen molar-refractivity contribution in [2.45, 2.75) is 18.9 Å². The van der Waals surface area contributed by atoms with Crippen molar-refractivity contribution in [1.29, 1.82) is 0 Å². The fourth-order valence-electron chi connectivity index (χ4n) is 3.99. The standard InChI is InChI=1S/C18H19NO6S/c1-19-8-7-12-10-15(24-25-26(20,21)22)18(23-2)17-13-6-4-3-5-11(13)9-14(19)16(12)17/h3-6,10,14H,7-9H2,1-2H3,(H,20,21,22). The topological polar surface area (TPSA) is 85.3 Å². The second-order valence-electron chi connectivity index (χ2n) is 6.54. The van der Waals surface area contributed by atoms with Crippen LogP contribution in [0.25, 0.3) is 11.1 Å². The van der Waals surface area contributed by atoms with Gasteiger partial charge in [0.25, 0.3) is 0 Å². The van der Waals surface area contributed by atoms with Crippen molar-refractivity contribution in [3.63, 3.8) is 0 Å². The van der Waals surface area contributed by atoms with Crippen molar-refractivity contribution in [3.05, 3.63) is 47.0 Å². The lowest BCUT2D eigenvalue weighted by Crippen LogP contribution is -2.35. The summed E-state index contributed by atoms with van der Waals surface area (Å²) in [5.41, 5.74) is 5.35. The van der Waals surface area contributed by atoms with Gasteiger partial charge in [-0.2, -0.15) is 8.42 Å². The summed E-state index contributed by atoms with van der Waals surface area (Å²) in [6.45, 7) is 0.879. The van der Waals surface area contributed by atoms with Gasteiger partial charge in [0.05, 0.1) is 7.11 Å². The number of benzene rings is 2. The molecule has 26 heavy (non-hydrogen) atoms. The molecular formula is C18H19NO6S. The zero-order valence-corrected chi connectivity index (χ0v) is 15.2.